The molecule has 1 unspecified atom stereocenters. The van der Waals surface area contributed by atoms with E-state index in [2.05, 4.69) is 18.3 Å². The molecule has 0 saturated heterocycles. The average molecular weight is 399 g/mol. The minimum Gasteiger partial charge on any atom is -0.497 e. The van der Waals surface area contributed by atoms with Gasteiger partial charge in [-0.25, -0.2) is 0 Å². The first-order chi connectivity index (χ1) is 14.1. The van der Waals surface area contributed by atoms with E-state index in [1.54, 1.807) is 14.2 Å². The fourth-order valence-corrected chi connectivity index (χ4v) is 4.26. The molecule has 7 nitrogen and oxygen atoms in total. The molecule has 2 aromatic carbocycles. The maximum absolute atomic E-state index is 9.71. The Morgan fingerprint density at radius 2 is 2.00 bits per heavy atom. The van der Waals surface area contributed by atoms with Crippen LogP contribution in [0.1, 0.15) is 29.2 Å². The molecule has 154 valence electrons. The Kier molecular flexibility index (Phi) is 5.49. The molecule has 2 heterocycles. The molecule has 0 bridgehead atoms. The Hall–Kier alpha value is -2.93. The zero-order valence-electron chi connectivity index (χ0n) is 17.0. The summed E-state index contributed by atoms with van der Waals surface area (Å²) in [6, 6.07) is 10.00. The molecule has 0 fully saturated rings. The quantitative estimate of drug-likeness (QED) is 0.442. The van der Waals surface area contributed by atoms with Gasteiger partial charge in [0.05, 0.1) is 39.1 Å². The normalized spacial score (nSPS) is 20.3. The fourth-order valence-electron chi connectivity index (χ4n) is 4.26. The van der Waals surface area contributed by atoms with Gasteiger partial charge in [0.2, 0.25) is 12.5 Å². The molecular formula is C22H27N2O5+. The first-order valence-electron chi connectivity index (χ1n) is 9.79. The average Bonchev–Trinajstić information content (AvgIpc) is 3.22. The summed E-state index contributed by atoms with van der Waals surface area (Å²) in [7, 11) is 5.48. The minimum absolute atomic E-state index is 0.104. The summed E-state index contributed by atoms with van der Waals surface area (Å²) in [6.07, 6.45) is 2.14. The third-order valence-corrected chi connectivity index (χ3v) is 5.83. The lowest BCUT2D eigenvalue weighted by Gasteiger charge is -2.33. The van der Waals surface area contributed by atoms with Crippen LogP contribution in [0.25, 0.3) is 0 Å². The van der Waals surface area contributed by atoms with Crippen LogP contribution in [0.5, 0.6) is 23.0 Å². The van der Waals surface area contributed by atoms with E-state index in [1.807, 2.05) is 24.3 Å². The van der Waals surface area contributed by atoms with Crippen LogP contribution in [0.3, 0.4) is 0 Å². The highest BCUT2D eigenvalue weighted by atomic mass is 16.7. The maximum atomic E-state index is 9.71. The maximum Gasteiger partial charge on any atom is 0.231 e. The molecule has 4 rings (SSSR count). The van der Waals surface area contributed by atoms with Crippen LogP contribution < -0.4 is 23.8 Å². The van der Waals surface area contributed by atoms with Gasteiger partial charge < -0.3 is 29.1 Å². The molecule has 2 N–H and O–H groups in total. The van der Waals surface area contributed by atoms with Crippen molar-refractivity contribution >= 4 is 5.71 Å². The second-order valence-corrected chi connectivity index (χ2v) is 7.51. The molecule has 0 spiro atoms. The predicted molar refractivity (Wildman–Crippen MR) is 108 cm³/mol. The van der Waals surface area contributed by atoms with Gasteiger partial charge in [-0.3, -0.25) is 0 Å². The molecule has 0 amide bonds. The number of ether oxygens (including phenoxy) is 4. The molecular weight excluding hydrogens is 372 g/mol. The van der Waals surface area contributed by atoms with Gasteiger partial charge in [-0.05, 0) is 29.3 Å². The van der Waals surface area contributed by atoms with Gasteiger partial charge in [-0.15, -0.1) is 0 Å². The van der Waals surface area contributed by atoms with E-state index in [-0.39, 0.29) is 12.8 Å². The molecule has 7 heteroatoms. The fraction of sp³-hybridized carbons (Fsp3) is 0.409. The number of hydrogen-bond acceptors (Lipinski definition) is 6. The van der Waals surface area contributed by atoms with Crippen LogP contribution in [0.2, 0.25) is 0 Å². The number of nitrogens with one attached hydrogen (secondary N) is 1. The van der Waals surface area contributed by atoms with Gasteiger partial charge in [0.15, 0.2) is 11.5 Å². The van der Waals surface area contributed by atoms with E-state index in [0.29, 0.717) is 18.6 Å². The standard InChI is InChI=1S/C22H26N2O5/c1-24-9-8-15-11-19-21(29-13-28-19)22(27-3)20(15)18(24)12-16(23-25)10-14-4-6-17(26-2)7-5-14/h4-7,11,18,25H,8-10,12-13H2,1-3H3/p+1/t18-/m0/s1. The summed E-state index contributed by atoms with van der Waals surface area (Å²) in [5, 5.41) is 13.3. The zero-order valence-corrected chi connectivity index (χ0v) is 17.0. The number of hydrogen-bond donors (Lipinski definition) is 2. The molecule has 0 aromatic heterocycles. The number of fused-ring (bicyclic) bond motifs is 2. The summed E-state index contributed by atoms with van der Waals surface area (Å²) >= 11 is 0. The van der Waals surface area contributed by atoms with Crippen molar-refractivity contribution in [2.24, 2.45) is 5.16 Å². The van der Waals surface area contributed by atoms with Gasteiger partial charge in [0, 0.05) is 19.3 Å². The first kappa shape index (κ1) is 19.4. The smallest absolute Gasteiger partial charge is 0.231 e. The SMILES string of the molecule is COc1ccc(CC(C[C@H]2c3c(cc4c(c3OC)OCO4)CC[NH+]2C)=NO)cc1. The van der Waals surface area contributed by atoms with E-state index in [0.717, 1.165) is 47.1 Å². The number of nitrogens with zero attached hydrogens (tertiary/aromatic N) is 1. The molecule has 0 radical (unpaired) electrons. The van der Waals surface area contributed by atoms with Gasteiger partial charge in [0.1, 0.15) is 11.8 Å². The van der Waals surface area contributed by atoms with Gasteiger partial charge in [-0.1, -0.05) is 17.3 Å². The number of rotatable bonds is 6. The molecule has 0 aliphatic carbocycles. The number of benzene rings is 2. The van der Waals surface area contributed by atoms with E-state index in [4.69, 9.17) is 18.9 Å². The summed E-state index contributed by atoms with van der Waals surface area (Å²) in [5.74, 6) is 2.96. The van der Waals surface area contributed by atoms with Crippen molar-refractivity contribution in [3.05, 3.63) is 47.0 Å². The molecule has 2 atom stereocenters. The minimum atomic E-state index is 0.104. The second-order valence-electron chi connectivity index (χ2n) is 7.51. The largest absolute Gasteiger partial charge is 0.497 e. The van der Waals surface area contributed by atoms with Crippen molar-refractivity contribution in [3.8, 4) is 23.0 Å². The summed E-state index contributed by atoms with van der Waals surface area (Å²) in [5.41, 5.74) is 4.14. The summed E-state index contributed by atoms with van der Waals surface area (Å²) in [6.45, 7) is 1.20. The van der Waals surface area contributed by atoms with Crippen LogP contribution in [-0.4, -0.2) is 45.5 Å². The predicted octanol–water partition coefficient (Wildman–Crippen LogP) is 2.01. The van der Waals surface area contributed by atoms with Gasteiger partial charge >= 0.3 is 0 Å². The van der Waals surface area contributed by atoms with Crippen LogP contribution in [0, 0.1) is 0 Å². The Labute approximate surface area is 170 Å². The first-order valence-corrected chi connectivity index (χ1v) is 9.79. The highest BCUT2D eigenvalue weighted by Gasteiger charge is 2.37. The lowest BCUT2D eigenvalue weighted by Crippen LogP contribution is -3.10. The number of oxime groups is 1. The van der Waals surface area contributed by atoms with Crippen LogP contribution >= 0.6 is 0 Å². The molecule has 0 saturated carbocycles. The van der Waals surface area contributed by atoms with Crippen LogP contribution in [0.4, 0.5) is 0 Å². The van der Waals surface area contributed by atoms with Crippen LogP contribution in [-0.2, 0) is 12.8 Å². The van der Waals surface area contributed by atoms with E-state index in [9.17, 15) is 5.21 Å². The third kappa shape index (κ3) is 3.70. The van der Waals surface area contributed by atoms with E-state index in [1.165, 1.54) is 10.5 Å². The van der Waals surface area contributed by atoms with Crippen molar-refractivity contribution < 1.29 is 29.1 Å². The summed E-state index contributed by atoms with van der Waals surface area (Å²) in [4.78, 5) is 1.35. The van der Waals surface area contributed by atoms with Crippen molar-refractivity contribution in [1.29, 1.82) is 0 Å². The van der Waals surface area contributed by atoms with Crippen molar-refractivity contribution in [3.63, 3.8) is 0 Å². The Morgan fingerprint density at radius 3 is 2.69 bits per heavy atom. The number of quaternary nitrogens is 1. The highest BCUT2D eigenvalue weighted by molar-refractivity contribution is 5.87. The Balaban J connectivity index is 1.63. The molecule has 2 aliphatic rings. The van der Waals surface area contributed by atoms with E-state index >= 15 is 0 Å². The Bertz CT molecular complexity index is 910. The van der Waals surface area contributed by atoms with Crippen molar-refractivity contribution in [2.75, 3.05) is 34.6 Å². The van der Waals surface area contributed by atoms with E-state index < -0.39 is 0 Å². The number of methoxy groups -OCH3 is 2. The Morgan fingerprint density at radius 1 is 1.21 bits per heavy atom. The zero-order chi connectivity index (χ0) is 20.4. The van der Waals surface area contributed by atoms with Crippen LogP contribution in [0.15, 0.2) is 35.5 Å². The highest BCUT2D eigenvalue weighted by Crippen LogP contribution is 2.47. The van der Waals surface area contributed by atoms with Crippen molar-refractivity contribution in [2.45, 2.75) is 25.3 Å². The topological polar surface area (TPSA) is 74.0 Å². The van der Waals surface area contributed by atoms with Crippen molar-refractivity contribution in [1.82, 2.24) is 0 Å². The molecule has 29 heavy (non-hydrogen) atoms. The number of likely N-dealkylation sites (N-methyl/N-ethyl adjacent to an activating group) is 1. The molecule has 2 aliphatic heterocycles. The lowest BCUT2D eigenvalue weighted by molar-refractivity contribution is -0.913. The second kappa shape index (κ2) is 8.21. The third-order valence-electron chi connectivity index (χ3n) is 5.83. The molecule has 2 aromatic rings. The summed E-state index contributed by atoms with van der Waals surface area (Å²) < 4.78 is 22.2. The van der Waals surface area contributed by atoms with Gasteiger partial charge in [-0.2, -0.15) is 0 Å². The monoisotopic (exact) mass is 399 g/mol. The lowest BCUT2D eigenvalue weighted by atomic mass is 9.87. The van der Waals surface area contributed by atoms with Gasteiger partial charge in [0.25, 0.3) is 0 Å².